The summed E-state index contributed by atoms with van der Waals surface area (Å²) in [7, 11) is 0. The molecule has 1 aliphatic heterocycles. The first-order valence-electron chi connectivity index (χ1n) is 7.02. The van der Waals surface area contributed by atoms with Gasteiger partial charge in [0.15, 0.2) is 0 Å². The van der Waals surface area contributed by atoms with Gasteiger partial charge in [-0.2, -0.15) is 0 Å². The van der Waals surface area contributed by atoms with Crippen molar-refractivity contribution in [3.8, 4) is 0 Å². The van der Waals surface area contributed by atoms with E-state index >= 15 is 0 Å². The van der Waals surface area contributed by atoms with Crippen LogP contribution in [0.25, 0.3) is 0 Å². The molecule has 1 heterocycles. The molecule has 4 rings (SSSR count). The molecule has 1 N–H and O–H groups in total. The molecule has 1 amide bonds. The average molecular weight is 260 g/mol. The number of amides is 1. The number of nitrogens with zero attached hydrogens (tertiary/aromatic N) is 1. The Kier molecular flexibility index (Phi) is 2.28. The first-order valence-corrected chi connectivity index (χ1v) is 7.02. The van der Waals surface area contributed by atoms with Crippen molar-refractivity contribution >= 4 is 5.91 Å². The van der Waals surface area contributed by atoms with Gasteiger partial charge in [0.2, 0.25) is 5.91 Å². The molecule has 2 aliphatic carbocycles. The molecule has 100 valence electrons. The van der Waals surface area contributed by atoms with Crippen LogP contribution < -0.4 is 5.32 Å². The van der Waals surface area contributed by atoms with Crippen LogP contribution in [0.15, 0.2) is 24.3 Å². The molecule has 1 atom stereocenters. The molecule has 0 radical (unpaired) electrons. The third kappa shape index (κ3) is 1.86. The number of nitrogens with one attached hydrogen (secondary N) is 1. The van der Waals surface area contributed by atoms with E-state index in [1.165, 1.54) is 25.0 Å². The van der Waals surface area contributed by atoms with E-state index in [4.69, 9.17) is 0 Å². The van der Waals surface area contributed by atoms with Crippen molar-refractivity contribution in [3.05, 3.63) is 35.6 Å². The number of carbonyl (C=O) groups excluding carboxylic acids is 1. The third-order valence-corrected chi connectivity index (χ3v) is 4.46. The first kappa shape index (κ1) is 11.4. The van der Waals surface area contributed by atoms with Gasteiger partial charge in [0, 0.05) is 6.54 Å². The van der Waals surface area contributed by atoms with Gasteiger partial charge in [-0.25, -0.2) is 4.39 Å². The largest absolute Gasteiger partial charge is 0.321 e. The van der Waals surface area contributed by atoms with E-state index in [1.807, 2.05) is 11.0 Å². The summed E-state index contributed by atoms with van der Waals surface area (Å²) in [4.78, 5) is 14.4. The lowest BCUT2D eigenvalue weighted by Crippen LogP contribution is -2.33. The maximum absolute atomic E-state index is 13.4. The summed E-state index contributed by atoms with van der Waals surface area (Å²) in [5.74, 6) is 0.624. The molecule has 3 fully saturated rings. The summed E-state index contributed by atoms with van der Waals surface area (Å²) in [5, 5.41) is 3.43. The fourth-order valence-corrected chi connectivity index (χ4v) is 2.98. The van der Waals surface area contributed by atoms with Crippen LogP contribution in [-0.4, -0.2) is 22.9 Å². The molecular weight excluding hydrogens is 243 g/mol. The van der Waals surface area contributed by atoms with Crippen LogP contribution in [0.2, 0.25) is 0 Å². The number of benzene rings is 1. The monoisotopic (exact) mass is 260 g/mol. The predicted molar refractivity (Wildman–Crippen MR) is 68.7 cm³/mol. The van der Waals surface area contributed by atoms with Gasteiger partial charge in [0.25, 0.3) is 0 Å². The van der Waals surface area contributed by atoms with Gasteiger partial charge < -0.3 is 4.90 Å². The van der Waals surface area contributed by atoms with Crippen molar-refractivity contribution in [2.45, 2.75) is 37.4 Å². The Bertz CT molecular complexity index is 537. The molecule has 1 saturated heterocycles. The maximum Gasteiger partial charge on any atom is 0.244 e. The highest BCUT2D eigenvalue weighted by molar-refractivity contribution is 5.92. The number of halogens is 1. The minimum absolute atomic E-state index is 0.147. The number of carbonyl (C=O) groups is 1. The lowest BCUT2D eigenvalue weighted by molar-refractivity contribution is -0.131. The Hall–Kier alpha value is -1.42. The molecule has 3 nitrogen and oxygen atoms in total. The summed E-state index contributed by atoms with van der Waals surface area (Å²) < 4.78 is 13.4. The number of hydrogen-bond donors (Lipinski definition) is 1. The third-order valence-electron chi connectivity index (χ3n) is 4.46. The SMILES string of the molecule is O=C1N(CC2CC2)C(c2cccc(F)c2)NC12CC2. The molecule has 4 heteroatoms. The molecule has 1 unspecified atom stereocenters. The van der Waals surface area contributed by atoms with E-state index in [9.17, 15) is 9.18 Å². The van der Waals surface area contributed by atoms with E-state index in [2.05, 4.69) is 5.32 Å². The molecular formula is C15H17FN2O. The van der Waals surface area contributed by atoms with E-state index in [1.54, 1.807) is 6.07 Å². The van der Waals surface area contributed by atoms with Gasteiger partial charge in [0.1, 0.15) is 17.5 Å². The van der Waals surface area contributed by atoms with Crippen molar-refractivity contribution in [2.75, 3.05) is 6.54 Å². The highest BCUT2D eigenvalue weighted by Gasteiger charge is 2.59. The fraction of sp³-hybridized carbons (Fsp3) is 0.533. The van der Waals surface area contributed by atoms with Gasteiger partial charge in [-0.15, -0.1) is 0 Å². The van der Waals surface area contributed by atoms with Crippen molar-refractivity contribution < 1.29 is 9.18 Å². The standard InChI is InChI=1S/C15H17FN2O/c16-12-3-1-2-11(8-12)13-17-15(6-7-15)14(19)18(13)9-10-4-5-10/h1-3,8,10,13,17H,4-7,9H2. The van der Waals surface area contributed by atoms with Gasteiger partial charge >= 0.3 is 0 Å². The second-order valence-electron chi connectivity index (χ2n) is 6.08. The predicted octanol–water partition coefficient (Wildman–Crippen LogP) is 2.20. The van der Waals surface area contributed by atoms with Crippen molar-refractivity contribution in [2.24, 2.45) is 5.92 Å². The molecule has 1 aromatic rings. The second-order valence-corrected chi connectivity index (χ2v) is 6.08. The van der Waals surface area contributed by atoms with E-state index in [0.29, 0.717) is 5.92 Å². The van der Waals surface area contributed by atoms with E-state index in [-0.39, 0.29) is 23.4 Å². The lowest BCUT2D eigenvalue weighted by Gasteiger charge is -2.24. The molecule has 19 heavy (non-hydrogen) atoms. The molecule has 2 saturated carbocycles. The zero-order valence-electron chi connectivity index (χ0n) is 10.7. The van der Waals surface area contributed by atoms with E-state index in [0.717, 1.165) is 24.9 Å². The van der Waals surface area contributed by atoms with Gasteiger partial charge in [-0.1, -0.05) is 12.1 Å². The number of hydrogen-bond acceptors (Lipinski definition) is 2. The highest BCUT2D eigenvalue weighted by Crippen LogP contribution is 2.47. The van der Waals surface area contributed by atoms with Crippen LogP contribution in [0.5, 0.6) is 0 Å². The van der Waals surface area contributed by atoms with Crippen LogP contribution in [-0.2, 0) is 4.79 Å². The number of rotatable bonds is 3. The molecule has 0 bridgehead atoms. The quantitative estimate of drug-likeness (QED) is 0.903. The minimum atomic E-state index is -0.328. The Morgan fingerprint density at radius 1 is 1.37 bits per heavy atom. The average Bonchev–Trinajstić information content (AvgIpc) is 3.28. The summed E-state index contributed by atoms with van der Waals surface area (Å²) >= 11 is 0. The van der Waals surface area contributed by atoms with E-state index < -0.39 is 0 Å². The Labute approximate surface area is 111 Å². The smallest absolute Gasteiger partial charge is 0.244 e. The topological polar surface area (TPSA) is 32.3 Å². The molecule has 1 spiro atoms. The van der Waals surface area contributed by atoms with Crippen molar-refractivity contribution in [1.82, 2.24) is 10.2 Å². The minimum Gasteiger partial charge on any atom is -0.321 e. The van der Waals surface area contributed by atoms with Crippen LogP contribution in [0.1, 0.15) is 37.4 Å². The van der Waals surface area contributed by atoms with Gasteiger partial charge in [-0.05, 0) is 49.3 Å². The Morgan fingerprint density at radius 2 is 2.16 bits per heavy atom. The van der Waals surface area contributed by atoms with Crippen LogP contribution >= 0.6 is 0 Å². The molecule has 3 aliphatic rings. The summed E-state index contributed by atoms with van der Waals surface area (Å²) in [6, 6.07) is 6.59. The first-order chi connectivity index (χ1) is 9.18. The second kappa shape index (κ2) is 3.79. The van der Waals surface area contributed by atoms with Crippen LogP contribution in [0.4, 0.5) is 4.39 Å². The van der Waals surface area contributed by atoms with Crippen molar-refractivity contribution in [3.63, 3.8) is 0 Å². The Balaban J connectivity index is 1.66. The van der Waals surface area contributed by atoms with Gasteiger partial charge in [0.05, 0.1) is 0 Å². The summed E-state index contributed by atoms with van der Waals surface area (Å²) in [5.41, 5.74) is 0.532. The normalized spacial score (nSPS) is 28.2. The van der Waals surface area contributed by atoms with Crippen LogP contribution in [0, 0.1) is 11.7 Å². The Morgan fingerprint density at radius 3 is 2.79 bits per heavy atom. The zero-order chi connectivity index (χ0) is 13.0. The van der Waals surface area contributed by atoms with Gasteiger partial charge in [-0.3, -0.25) is 10.1 Å². The maximum atomic E-state index is 13.4. The summed E-state index contributed by atoms with van der Waals surface area (Å²) in [6.07, 6.45) is 4.11. The summed E-state index contributed by atoms with van der Waals surface area (Å²) in [6.45, 7) is 0.814. The molecule has 1 aromatic carbocycles. The zero-order valence-corrected chi connectivity index (χ0v) is 10.7. The molecule has 0 aromatic heterocycles. The lowest BCUT2D eigenvalue weighted by atomic mass is 10.1. The fourth-order valence-electron chi connectivity index (χ4n) is 2.98. The van der Waals surface area contributed by atoms with Crippen LogP contribution in [0.3, 0.4) is 0 Å². The van der Waals surface area contributed by atoms with Crippen molar-refractivity contribution in [1.29, 1.82) is 0 Å². The highest BCUT2D eigenvalue weighted by atomic mass is 19.1.